The van der Waals surface area contributed by atoms with E-state index in [1.807, 2.05) is 23.8 Å². The second-order valence-electron chi connectivity index (χ2n) is 10.5. The van der Waals surface area contributed by atoms with Gasteiger partial charge in [-0.3, -0.25) is 19.8 Å². The number of rotatable bonds is 10. The SMILES string of the molecule is CN[C@@H](C)C(O)Nc1cnc(-c2cccc(C(=N)N(C)N=N)c2)n(Cc2cncc(-n3cc(C)c4cc(F)ccc43)c2)c1=O. The molecule has 0 bridgehead atoms. The van der Waals surface area contributed by atoms with Crippen LogP contribution in [-0.4, -0.2) is 61.4 Å². The fourth-order valence-electron chi connectivity index (χ4n) is 4.91. The molecule has 0 aliphatic heterocycles. The van der Waals surface area contributed by atoms with Crippen molar-refractivity contribution in [3.8, 4) is 17.1 Å². The third-order valence-corrected chi connectivity index (χ3v) is 7.51. The average molecular weight is 597 g/mol. The van der Waals surface area contributed by atoms with E-state index in [2.05, 4.69) is 25.8 Å². The van der Waals surface area contributed by atoms with Crippen molar-refractivity contribution in [3.05, 3.63) is 106 Å². The highest BCUT2D eigenvalue weighted by Gasteiger charge is 2.19. The molecule has 2 aromatic carbocycles. The summed E-state index contributed by atoms with van der Waals surface area (Å²) >= 11 is 0. The number of anilines is 1. The Kier molecular flexibility index (Phi) is 8.60. The molecule has 0 amide bonds. The van der Waals surface area contributed by atoms with E-state index in [1.165, 1.54) is 29.9 Å². The molecule has 5 N–H and O–H groups in total. The van der Waals surface area contributed by atoms with Gasteiger partial charge in [-0.15, -0.1) is 0 Å². The molecule has 0 spiro atoms. The van der Waals surface area contributed by atoms with Crippen molar-refractivity contribution in [1.29, 1.82) is 10.9 Å². The maximum Gasteiger partial charge on any atom is 0.277 e. The van der Waals surface area contributed by atoms with E-state index >= 15 is 0 Å². The lowest BCUT2D eigenvalue weighted by Gasteiger charge is -2.21. The first-order chi connectivity index (χ1) is 21.1. The number of aliphatic hydroxyl groups is 1. The fourth-order valence-corrected chi connectivity index (χ4v) is 4.91. The summed E-state index contributed by atoms with van der Waals surface area (Å²) in [5.41, 5.74) is 11.2. The average Bonchev–Trinajstić information content (AvgIpc) is 3.37. The van der Waals surface area contributed by atoms with Gasteiger partial charge < -0.3 is 20.3 Å². The largest absolute Gasteiger partial charge is 0.372 e. The molecule has 0 aliphatic carbocycles. The van der Waals surface area contributed by atoms with Gasteiger partial charge in [-0.05, 0) is 62.4 Å². The Morgan fingerprint density at radius 3 is 2.73 bits per heavy atom. The number of nitrogens with zero attached hydrogens (tertiary/aromatic N) is 6. The smallest absolute Gasteiger partial charge is 0.277 e. The molecule has 0 aliphatic rings. The maximum atomic E-state index is 13.9. The van der Waals surface area contributed by atoms with Crippen LogP contribution in [0.25, 0.3) is 28.0 Å². The molecule has 5 rings (SSSR count). The Hall–Kier alpha value is -5.27. The standard InChI is InChI=1S/C31H33FN10O2/c1-18-16-41(27-9-8-23(32)12-25(18)27)24-10-20(13-36-14-24)17-42-29(22-7-5-6-21(11-22)28(33)40(4)39-34)37-15-26(31(42)44)38-30(43)19(2)35-3/h5-16,19,30,33-35,38,43H,17H2,1-4H3/t19-,30?/m0/s1. The van der Waals surface area contributed by atoms with Gasteiger partial charge >= 0.3 is 0 Å². The summed E-state index contributed by atoms with van der Waals surface area (Å²) in [7, 11) is 3.21. The molecule has 13 heteroatoms. The summed E-state index contributed by atoms with van der Waals surface area (Å²) in [5, 5.41) is 29.9. The minimum atomic E-state index is -1.05. The second-order valence-corrected chi connectivity index (χ2v) is 10.5. The summed E-state index contributed by atoms with van der Waals surface area (Å²) in [5.74, 6) is 0.0245. The number of aromatic nitrogens is 4. The third kappa shape index (κ3) is 5.96. The predicted molar refractivity (Wildman–Crippen MR) is 167 cm³/mol. The number of aryl methyl sites for hydroxylation is 1. The number of aliphatic hydroxyl groups excluding tert-OH is 1. The molecule has 12 nitrogen and oxygen atoms in total. The zero-order valence-electron chi connectivity index (χ0n) is 24.7. The van der Waals surface area contributed by atoms with Crippen LogP contribution in [0.5, 0.6) is 0 Å². The highest BCUT2D eigenvalue weighted by Crippen LogP contribution is 2.26. The van der Waals surface area contributed by atoms with E-state index in [1.54, 1.807) is 56.7 Å². The summed E-state index contributed by atoms with van der Waals surface area (Å²) in [6.45, 7) is 3.78. The minimum Gasteiger partial charge on any atom is -0.372 e. The zero-order valence-corrected chi connectivity index (χ0v) is 24.7. The number of amidine groups is 1. The number of likely N-dealkylation sites (N-methyl/N-ethyl adjacent to an activating group) is 1. The van der Waals surface area contributed by atoms with E-state index in [4.69, 9.17) is 10.9 Å². The lowest BCUT2D eigenvalue weighted by Crippen LogP contribution is -2.41. The topological polar surface area (TPSA) is 160 Å². The zero-order chi connectivity index (χ0) is 31.5. The maximum absolute atomic E-state index is 13.9. The lowest BCUT2D eigenvalue weighted by molar-refractivity contribution is 0.165. The predicted octanol–water partition coefficient (Wildman–Crippen LogP) is 4.29. The van der Waals surface area contributed by atoms with E-state index < -0.39 is 11.8 Å². The van der Waals surface area contributed by atoms with Gasteiger partial charge in [0.05, 0.1) is 30.1 Å². The van der Waals surface area contributed by atoms with Crippen LogP contribution in [0, 0.1) is 23.7 Å². The van der Waals surface area contributed by atoms with Gasteiger partial charge in [0.2, 0.25) is 0 Å². The number of pyridine rings is 1. The van der Waals surface area contributed by atoms with E-state index in [9.17, 15) is 14.3 Å². The van der Waals surface area contributed by atoms with E-state index in [0.717, 1.165) is 27.2 Å². The first-order valence-corrected chi connectivity index (χ1v) is 13.8. The molecule has 5 aromatic rings. The molecule has 0 saturated carbocycles. The summed E-state index contributed by atoms with van der Waals surface area (Å²) < 4.78 is 17.4. The Morgan fingerprint density at radius 2 is 1.98 bits per heavy atom. The molecule has 2 atom stereocenters. The van der Waals surface area contributed by atoms with Crippen molar-refractivity contribution in [3.63, 3.8) is 0 Å². The van der Waals surface area contributed by atoms with Crippen LogP contribution in [0.15, 0.2) is 83.3 Å². The van der Waals surface area contributed by atoms with Crippen LogP contribution in [0.3, 0.4) is 0 Å². The van der Waals surface area contributed by atoms with Crippen molar-refractivity contribution in [2.75, 3.05) is 19.4 Å². The van der Waals surface area contributed by atoms with Crippen LogP contribution < -0.4 is 16.2 Å². The van der Waals surface area contributed by atoms with Gasteiger partial charge in [-0.2, -0.15) is 5.53 Å². The van der Waals surface area contributed by atoms with Crippen LogP contribution in [0.4, 0.5) is 10.1 Å². The second kappa shape index (κ2) is 12.5. The number of benzene rings is 2. The highest BCUT2D eigenvalue weighted by atomic mass is 19.1. The van der Waals surface area contributed by atoms with Gasteiger partial charge in [0.25, 0.3) is 5.56 Å². The van der Waals surface area contributed by atoms with Crippen LogP contribution in [0.2, 0.25) is 0 Å². The fraction of sp³-hybridized carbons (Fsp3) is 0.226. The summed E-state index contributed by atoms with van der Waals surface area (Å²) in [6, 6.07) is 13.1. The molecule has 3 aromatic heterocycles. The molecule has 0 saturated heterocycles. The van der Waals surface area contributed by atoms with Crippen molar-refractivity contribution < 1.29 is 9.50 Å². The molecule has 3 heterocycles. The lowest BCUT2D eigenvalue weighted by atomic mass is 10.1. The summed E-state index contributed by atoms with van der Waals surface area (Å²) in [6.07, 6.45) is 5.60. The van der Waals surface area contributed by atoms with Crippen molar-refractivity contribution in [2.24, 2.45) is 5.22 Å². The highest BCUT2D eigenvalue weighted by molar-refractivity contribution is 5.96. The first kappa shape index (κ1) is 30.2. The van der Waals surface area contributed by atoms with Gasteiger partial charge in [-0.1, -0.05) is 23.4 Å². The van der Waals surface area contributed by atoms with Gasteiger partial charge in [0, 0.05) is 42.0 Å². The van der Waals surface area contributed by atoms with Crippen molar-refractivity contribution in [2.45, 2.75) is 32.7 Å². The Morgan fingerprint density at radius 1 is 1.18 bits per heavy atom. The quantitative estimate of drug-likeness (QED) is 0.0529. The van der Waals surface area contributed by atoms with Gasteiger partial charge in [-0.25, -0.2) is 14.4 Å². The molecule has 226 valence electrons. The van der Waals surface area contributed by atoms with Crippen molar-refractivity contribution >= 4 is 22.4 Å². The molecule has 1 unspecified atom stereocenters. The Bertz CT molecular complexity index is 1920. The molecule has 0 fully saturated rings. The molecular formula is C31H33FN10O2. The Balaban J connectivity index is 1.60. The molecular weight excluding hydrogens is 563 g/mol. The third-order valence-electron chi connectivity index (χ3n) is 7.51. The molecule has 44 heavy (non-hydrogen) atoms. The first-order valence-electron chi connectivity index (χ1n) is 13.8. The normalized spacial score (nSPS) is 12.6. The number of fused-ring (bicyclic) bond motifs is 1. The van der Waals surface area contributed by atoms with E-state index in [0.29, 0.717) is 22.5 Å². The van der Waals surface area contributed by atoms with Gasteiger partial charge in [0.15, 0.2) is 0 Å². The number of halogens is 1. The summed E-state index contributed by atoms with van der Waals surface area (Å²) in [4.78, 5) is 23.0. The molecule has 0 radical (unpaired) electrons. The van der Waals surface area contributed by atoms with Crippen LogP contribution in [-0.2, 0) is 6.54 Å². The van der Waals surface area contributed by atoms with Crippen LogP contribution in [0.1, 0.15) is 23.6 Å². The number of hydrogen-bond donors (Lipinski definition) is 5. The van der Waals surface area contributed by atoms with Gasteiger partial charge in [0.1, 0.15) is 29.4 Å². The monoisotopic (exact) mass is 596 g/mol. The van der Waals surface area contributed by atoms with Crippen LogP contribution >= 0.6 is 0 Å². The number of hydrogen-bond acceptors (Lipinski definition) is 9. The minimum absolute atomic E-state index is 0.00392. The van der Waals surface area contributed by atoms with Crippen molar-refractivity contribution in [1.82, 2.24) is 29.4 Å². The Labute approximate surface area is 252 Å². The number of nitrogens with one attached hydrogen (secondary N) is 4. The van der Waals surface area contributed by atoms with E-state index in [-0.39, 0.29) is 29.9 Å².